The number of aliphatic hydroxyl groups excluding tert-OH is 4. The van der Waals surface area contributed by atoms with E-state index in [0.717, 1.165) is 27.6 Å². The molecule has 33 heavy (non-hydrogen) atoms. The van der Waals surface area contributed by atoms with E-state index in [9.17, 15) is 20.4 Å². The van der Waals surface area contributed by atoms with Crippen LogP contribution >= 0.6 is 22.9 Å². The Balaban J connectivity index is 1.67. The van der Waals surface area contributed by atoms with Crippen molar-refractivity contribution in [1.82, 2.24) is 4.98 Å². The van der Waals surface area contributed by atoms with Crippen molar-refractivity contribution < 1.29 is 34.3 Å². The van der Waals surface area contributed by atoms with Gasteiger partial charge in [0.1, 0.15) is 42.0 Å². The van der Waals surface area contributed by atoms with Gasteiger partial charge < -0.3 is 34.3 Å². The highest BCUT2D eigenvalue weighted by Crippen LogP contribution is 2.40. The minimum Gasteiger partial charge on any atom is -0.493 e. The van der Waals surface area contributed by atoms with Crippen molar-refractivity contribution in [1.29, 1.82) is 0 Å². The number of hydrogen-bond donors (Lipinski definition) is 4. The first-order chi connectivity index (χ1) is 15.9. The number of aliphatic hydroxyl groups is 4. The fraction of sp³-hybridized carbons (Fsp3) is 0.435. The molecule has 0 spiro atoms. The zero-order chi connectivity index (χ0) is 23.5. The standard InChI is InChI=1S/C23H26ClNO7S/c1-2-5-30-16-9-14(24)12(8-19-25-10-18(33-19)15-4-3-6-31-15)7-13(16)23-22(29)21(28)20(27)17(11-26)32-23/h3-4,6-7,9-10,17,20-23,26-29H,2,5,8,11H2,1H3/t17-,20-,21+,22-,23+/m1/s1. The Labute approximate surface area is 200 Å². The topological polar surface area (TPSA) is 125 Å². The molecule has 0 saturated carbocycles. The lowest BCUT2D eigenvalue weighted by Crippen LogP contribution is -2.55. The van der Waals surface area contributed by atoms with Gasteiger partial charge in [-0.1, -0.05) is 18.5 Å². The Morgan fingerprint density at radius 1 is 1.18 bits per heavy atom. The molecule has 4 N–H and O–H groups in total. The maximum absolute atomic E-state index is 10.7. The van der Waals surface area contributed by atoms with Gasteiger partial charge in [0.15, 0.2) is 0 Å². The second-order valence-electron chi connectivity index (χ2n) is 7.85. The van der Waals surface area contributed by atoms with Crippen LogP contribution in [0.1, 0.15) is 35.6 Å². The van der Waals surface area contributed by atoms with Crippen molar-refractivity contribution in [2.24, 2.45) is 0 Å². The highest BCUT2D eigenvalue weighted by Gasteiger charge is 2.45. The molecule has 178 valence electrons. The van der Waals surface area contributed by atoms with Crippen molar-refractivity contribution in [3.63, 3.8) is 0 Å². The summed E-state index contributed by atoms with van der Waals surface area (Å²) in [7, 11) is 0. The summed E-state index contributed by atoms with van der Waals surface area (Å²) >= 11 is 8.04. The molecule has 0 bridgehead atoms. The third-order valence-electron chi connectivity index (χ3n) is 5.50. The largest absolute Gasteiger partial charge is 0.493 e. The number of ether oxygens (including phenoxy) is 2. The molecular formula is C23H26ClNO7S. The molecule has 1 saturated heterocycles. The van der Waals surface area contributed by atoms with Crippen molar-refractivity contribution in [3.8, 4) is 16.4 Å². The van der Waals surface area contributed by atoms with Crippen LogP contribution < -0.4 is 4.74 Å². The maximum Gasteiger partial charge on any atom is 0.145 e. The summed E-state index contributed by atoms with van der Waals surface area (Å²) in [6.07, 6.45) is -1.90. The van der Waals surface area contributed by atoms with Gasteiger partial charge in [-0.2, -0.15) is 0 Å². The van der Waals surface area contributed by atoms with Crippen LogP contribution in [0.3, 0.4) is 0 Å². The van der Waals surface area contributed by atoms with Crippen molar-refractivity contribution >= 4 is 22.9 Å². The van der Waals surface area contributed by atoms with Crippen molar-refractivity contribution in [2.75, 3.05) is 13.2 Å². The monoisotopic (exact) mass is 495 g/mol. The molecule has 10 heteroatoms. The second-order valence-corrected chi connectivity index (χ2v) is 9.37. The number of hydrogen-bond acceptors (Lipinski definition) is 9. The predicted octanol–water partition coefficient (Wildman–Crippen LogP) is 2.95. The lowest BCUT2D eigenvalue weighted by Gasteiger charge is -2.40. The smallest absolute Gasteiger partial charge is 0.145 e. The molecule has 3 aromatic rings. The van der Waals surface area contributed by atoms with Crippen LogP contribution in [0, 0.1) is 0 Å². The molecular weight excluding hydrogens is 470 g/mol. The maximum atomic E-state index is 10.7. The van der Waals surface area contributed by atoms with Crippen LogP contribution in [0.2, 0.25) is 5.02 Å². The summed E-state index contributed by atoms with van der Waals surface area (Å²) in [5.74, 6) is 1.14. The molecule has 1 aliphatic heterocycles. The average molecular weight is 496 g/mol. The Hall–Kier alpha value is -1.98. The van der Waals surface area contributed by atoms with E-state index in [-0.39, 0.29) is 0 Å². The van der Waals surface area contributed by atoms with Crippen LogP contribution in [0.25, 0.3) is 10.6 Å². The fourth-order valence-electron chi connectivity index (χ4n) is 3.76. The van der Waals surface area contributed by atoms with Gasteiger partial charge in [-0.15, -0.1) is 11.3 Å². The van der Waals surface area contributed by atoms with Gasteiger partial charge in [0, 0.05) is 23.2 Å². The predicted molar refractivity (Wildman–Crippen MR) is 123 cm³/mol. The van der Waals surface area contributed by atoms with Gasteiger partial charge in [0.05, 0.1) is 29.4 Å². The lowest BCUT2D eigenvalue weighted by molar-refractivity contribution is -0.232. The zero-order valence-corrected chi connectivity index (χ0v) is 19.5. The minimum absolute atomic E-state index is 0.408. The molecule has 1 aliphatic rings. The van der Waals surface area contributed by atoms with Crippen LogP contribution in [-0.2, 0) is 11.2 Å². The molecule has 0 radical (unpaired) electrons. The number of aromatic nitrogens is 1. The number of nitrogens with zero attached hydrogens (tertiary/aromatic N) is 1. The molecule has 2 aromatic heterocycles. The van der Waals surface area contributed by atoms with E-state index >= 15 is 0 Å². The van der Waals surface area contributed by atoms with E-state index in [1.165, 1.54) is 11.3 Å². The van der Waals surface area contributed by atoms with Gasteiger partial charge >= 0.3 is 0 Å². The van der Waals surface area contributed by atoms with E-state index in [4.69, 9.17) is 25.5 Å². The minimum atomic E-state index is -1.49. The average Bonchev–Trinajstić information content (AvgIpc) is 3.50. The van der Waals surface area contributed by atoms with Crippen molar-refractivity contribution in [2.45, 2.75) is 50.3 Å². The van der Waals surface area contributed by atoms with E-state index < -0.39 is 37.1 Å². The summed E-state index contributed by atoms with van der Waals surface area (Å²) in [6, 6.07) is 7.09. The summed E-state index contributed by atoms with van der Waals surface area (Å²) in [6.45, 7) is 1.86. The van der Waals surface area contributed by atoms with Gasteiger partial charge in [-0.25, -0.2) is 4.98 Å². The first kappa shape index (κ1) is 24.2. The summed E-state index contributed by atoms with van der Waals surface area (Å²) < 4.78 is 17.1. The molecule has 0 amide bonds. The quantitative estimate of drug-likeness (QED) is 0.376. The highest BCUT2D eigenvalue weighted by molar-refractivity contribution is 7.15. The van der Waals surface area contributed by atoms with E-state index in [1.54, 1.807) is 24.6 Å². The molecule has 1 aromatic carbocycles. The molecule has 5 atom stereocenters. The van der Waals surface area contributed by atoms with Crippen molar-refractivity contribution in [3.05, 3.63) is 57.9 Å². The zero-order valence-electron chi connectivity index (χ0n) is 17.9. The normalized spacial score (nSPS) is 25.3. The van der Waals surface area contributed by atoms with E-state index in [0.29, 0.717) is 29.4 Å². The van der Waals surface area contributed by atoms with Crippen LogP contribution in [0.5, 0.6) is 5.75 Å². The van der Waals surface area contributed by atoms with Gasteiger partial charge in [-0.05, 0) is 36.2 Å². The number of thiazole rings is 1. The Morgan fingerprint density at radius 3 is 2.70 bits per heavy atom. The van der Waals surface area contributed by atoms with Gasteiger partial charge in [0.2, 0.25) is 0 Å². The summed E-state index contributed by atoms with van der Waals surface area (Å²) in [5, 5.41) is 41.9. The summed E-state index contributed by atoms with van der Waals surface area (Å²) in [5.41, 5.74) is 1.20. The third kappa shape index (κ3) is 5.09. The Bertz CT molecular complexity index is 1060. The number of halogens is 1. The van der Waals surface area contributed by atoms with Crippen LogP contribution in [0.15, 0.2) is 41.1 Å². The van der Waals surface area contributed by atoms with Gasteiger partial charge in [0.25, 0.3) is 0 Å². The number of furan rings is 1. The lowest BCUT2D eigenvalue weighted by atomic mass is 9.90. The highest BCUT2D eigenvalue weighted by atomic mass is 35.5. The summed E-state index contributed by atoms with van der Waals surface area (Å²) in [4.78, 5) is 5.36. The molecule has 3 heterocycles. The first-order valence-corrected chi connectivity index (χ1v) is 11.9. The molecule has 0 aliphatic carbocycles. The van der Waals surface area contributed by atoms with Gasteiger partial charge in [-0.3, -0.25) is 0 Å². The Kier molecular flexibility index (Phi) is 7.70. The molecule has 1 fully saturated rings. The second kappa shape index (κ2) is 10.5. The molecule has 4 rings (SSSR count). The van der Waals surface area contributed by atoms with E-state index in [1.807, 2.05) is 19.1 Å². The fourth-order valence-corrected chi connectivity index (χ4v) is 4.89. The first-order valence-electron chi connectivity index (χ1n) is 10.7. The SMILES string of the molecule is CCCOc1cc(Cl)c(Cc2ncc(-c3ccco3)s2)cc1[C@@H]1O[C@H](CO)[C@@H](O)[C@H](O)[C@H]1O. The number of rotatable bonds is 8. The molecule has 0 unspecified atom stereocenters. The van der Waals surface area contributed by atoms with E-state index in [2.05, 4.69) is 4.98 Å². The molecule has 8 nitrogen and oxygen atoms in total. The number of benzene rings is 1. The van der Waals surface area contributed by atoms with Crippen LogP contribution in [-0.4, -0.2) is 63.0 Å². The van der Waals surface area contributed by atoms with Crippen LogP contribution in [0.4, 0.5) is 0 Å². The third-order valence-corrected chi connectivity index (χ3v) is 6.86. The Morgan fingerprint density at radius 2 is 2.00 bits per heavy atom.